The van der Waals surface area contributed by atoms with Gasteiger partial charge in [-0.05, 0) is 240 Å². The number of thiophene rings is 4. The Labute approximate surface area is 685 Å². The van der Waals surface area contributed by atoms with Crippen molar-refractivity contribution in [1.29, 1.82) is 0 Å². The van der Waals surface area contributed by atoms with Crippen LogP contribution in [0.1, 0.15) is 0 Å². The van der Waals surface area contributed by atoms with Gasteiger partial charge in [0.25, 0.3) is 0 Å². The summed E-state index contributed by atoms with van der Waals surface area (Å²) in [5.74, 6) is 0. The molecule has 6 aromatic heterocycles. The first-order valence-electron chi connectivity index (χ1n) is 37.6. The van der Waals surface area contributed by atoms with Gasteiger partial charge in [-0.1, -0.05) is 194 Å². The average Bonchev–Trinajstić information content (AvgIpc) is 1.46. The fourth-order valence-electron chi connectivity index (χ4n) is 15.2. The summed E-state index contributed by atoms with van der Waals surface area (Å²) >= 11 is 9.65. The normalized spacial score (nSPS) is 11.3. The minimum Gasteiger partial charge on any atom is -0.311 e. The number of para-hydroxylation sites is 8. The van der Waals surface area contributed by atoms with Gasteiger partial charge in [-0.2, -0.15) is 17.5 Å². The molecule has 0 bridgehead atoms. The Morgan fingerprint density at radius 2 is 0.342 bits per heavy atom. The van der Waals surface area contributed by atoms with Gasteiger partial charge in [-0.25, -0.2) is 0 Å². The molecule has 14 heteroatoms. The summed E-state index contributed by atoms with van der Waals surface area (Å²) in [4.78, 5) is 18.1. The zero-order valence-electron chi connectivity index (χ0n) is 61.1. The third-order valence-electron chi connectivity index (χ3n) is 20.6. The number of hydrogen-bond acceptors (Lipinski definition) is 14. The lowest BCUT2D eigenvalue weighted by Crippen LogP contribution is -2.09. The van der Waals surface area contributed by atoms with Gasteiger partial charge in [0.1, 0.15) is 22.1 Å². The van der Waals surface area contributed by atoms with Gasteiger partial charge in [0.05, 0.1) is 23.5 Å². The van der Waals surface area contributed by atoms with E-state index in [4.69, 9.17) is 17.5 Å². The summed E-state index contributed by atoms with van der Waals surface area (Å²) in [5, 5.41) is 0. The molecule has 0 unspecified atom stereocenters. The predicted octanol–water partition coefficient (Wildman–Crippen LogP) is 30.8. The summed E-state index contributed by atoms with van der Waals surface area (Å²) in [6.45, 7) is 0. The lowest BCUT2D eigenvalue weighted by Gasteiger charge is -2.25. The van der Waals surface area contributed by atoms with Crippen molar-refractivity contribution in [1.82, 2.24) is 17.5 Å². The molecule has 14 aromatic carbocycles. The van der Waals surface area contributed by atoms with Gasteiger partial charge in [-0.3, -0.25) is 0 Å². The van der Waals surface area contributed by atoms with Crippen LogP contribution in [0.3, 0.4) is 0 Å². The first-order chi connectivity index (χ1) is 56.5. The van der Waals surface area contributed by atoms with E-state index in [2.05, 4.69) is 420 Å². The maximum Gasteiger partial charge on any atom is 0.114 e. The zero-order valence-corrected chi connectivity index (χ0v) is 66.0. The molecule has 0 saturated heterocycles. The van der Waals surface area contributed by atoms with E-state index in [1.54, 1.807) is 45.3 Å². The van der Waals surface area contributed by atoms with E-state index in [0.717, 1.165) is 185 Å². The highest BCUT2D eigenvalue weighted by Crippen LogP contribution is 2.55. The maximum atomic E-state index is 5.41. The topological polar surface area (TPSA) is 64.5 Å². The van der Waals surface area contributed by atoms with Crippen LogP contribution in [0.25, 0.3) is 117 Å². The van der Waals surface area contributed by atoms with Gasteiger partial charge in [0, 0.05) is 130 Å². The molecule has 0 saturated carbocycles. The van der Waals surface area contributed by atoms with Crippen LogP contribution < -0.4 is 19.6 Å². The largest absolute Gasteiger partial charge is 0.311 e. The molecule has 0 aliphatic carbocycles. The molecule has 542 valence electrons. The summed E-state index contributed by atoms with van der Waals surface area (Å²) in [6, 6.07) is 144. The highest BCUT2D eigenvalue weighted by molar-refractivity contribution is 7.20. The van der Waals surface area contributed by atoms with Crippen LogP contribution in [0.2, 0.25) is 0 Å². The first kappa shape index (κ1) is 69.9. The second-order valence-electron chi connectivity index (χ2n) is 27.5. The fourth-order valence-corrected chi connectivity index (χ4v) is 20.6. The highest BCUT2D eigenvalue weighted by atomic mass is 32.1. The summed E-state index contributed by atoms with van der Waals surface area (Å²) in [5.41, 5.74) is 27.0. The Hall–Kier alpha value is -13.3. The molecule has 6 heterocycles. The number of hydrogen-bond donors (Lipinski definition) is 0. The van der Waals surface area contributed by atoms with Crippen LogP contribution >= 0.6 is 68.8 Å². The van der Waals surface area contributed by atoms with E-state index >= 15 is 0 Å². The first-order valence-corrected chi connectivity index (χ1v) is 42.3. The van der Waals surface area contributed by atoms with E-state index in [1.807, 2.05) is 0 Å². The molecule has 8 nitrogen and oxygen atoms in total. The van der Waals surface area contributed by atoms with Gasteiger partial charge in [-0.15, -0.1) is 45.3 Å². The summed E-state index contributed by atoms with van der Waals surface area (Å²) < 4.78 is 21.4. The Balaban J connectivity index is 0.750. The minimum atomic E-state index is 0.842. The van der Waals surface area contributed by atoms with Gasteiger partial charge >= 0.3 is 0 Å². The van der Waals surface area contributed by atoms with Crippen molar-refractivity contribution in [3.8, 4) is 94.7 Å². The highest BCUT2D eigenvalue weighted by Gasteiger charge is 2.29. The van der Waals surface area contributed by atoms with Crippen LogP contribution in [0.4, 0.5) is 68.2 Å². The van der Waals surface area contributed by atoms with Crippen molar-refractivity contribution in [2.75, 3.05) is 19.6 Å². The standard InChI is InChI=1S/C100H66N8S6/c1-9-25-71(26-10-1)105(72-27-11-2-12-28-72)79-49-41-67(42-50-79)87-57-61-91(109-87)85-65-83(95(99-97(85)101-113-103-99)93-63-59-89(111-93)69-45-53-81(54-46-69)107(75-33-17-5-18-34-75)76-35-19-6-20-36-76)84-66-86(92-62-58-88(110-92)68-43-51-80(52-44-68)106(73-29-13-3-14-30-73)74-31-15-4-16-32-74)98-100(104-114-102-98)96(84)94-64-60-90(112-94)70-47-55-82(56-48-70)108(77-37-21-7-22-38-77)78-39-23-8-24-40-78/h1-66H. The van der Waals surface area contributed by atoms with Crippen molar-refractivity contribution in [3.63, 3.8) is 0 Å². The molecule has 0 radical (unpaired) electrons. The van der Waals surface area contributed by atoms with Crippen LogP contribution in [-0.4, -0.2) is 17.5 Å². The maximum absolute atomic E-state index is 5.41. The monoisotopic (exact) mass is 1570 g/mol. The Morgan fingerprint density at radius 1 is 0.158 bits per heavy atom. The molecule has 20 rings (SSSR count). The van der Waals surface area contributed by atoms with Crippen LogP contribution in [0.15, 0.2) is 400 Å². The van der Waals surface area contributed by atoms with Crippen molar-refractivity contribution in [2.24, 2.45) is 0 Å². The number of rotatable bonds is 21. The van der Waals surface area contributed by atoms with Crippen LogP contribution in [-0.2, 0) is 0 Å². The predicted molar refractivity (Wildman–Crippen MR) is 488 cm³/mol. The average molecular weight is 1570 g/mol. The van der Waals surface area contributed by atoms with E-state index in [9.17, 15) is 0 Å². The molecule has 0 spiro atoms. The van der Waals surface area contributed by atoms with E-state index < -0.39 is 0 Å². The van der Waals surface area contributed by atoms with Crippen molar-refractivity contribution in [2.45, 2.75) is 0 Å². The summed E-state index contributed by atoms with van der Waals surface area (Å²) in [6.07, 6.45) is 0. The second kappa shape index (κ2) is 31.1. The Bertz CT molecular complexity index is 6130. The molecule has 0 aliphatic rings. The van der Waals surface area contributed by atoms with Crippen LogP contribution in [0, 0.1) is 0 Å². The molecule has 0 amide bonds. The third kappa shape index (κ3) is 13.7. The molecule has 0 N–H and O–H groups in total. The Kier molecular flexibility index (Phi) is 19.1. The van der Waals surface area contributed by atoms with Gasteiger partial charge < -0.3 is 19.6 Å². The van der Waals surface area contributed by atoms with E-state index in [-0.39, 0.29) is 0 Å². The van der Waals surface area contributed by atoms with Crippen LogP contribution in [0.5, 0.6) is 0 Å². The van der Waals surface area contributed by atoms with E-state index in [0.29, 0.717) is 0 Å². The smallest absolute Gasteiger partial charge is 0.114 e. The van der Waals surface area contributed by atoms with Crippen molar-refractivity contribution in [3.05, 3.63) is 400 Å². The number of anilines is 12. The van der Waals surface area contributed by atoms with E-state index in [1.165, 1.54) is 23.5 Å². The van der Waals surface area contributed by atoms with Crippen molar-refractivity contribution >= 4 is 159 Å². The molecule has 0 aliphatic heterocycles. The minimum absolute atomic E-state index is 0.842. The van der Waals surface area contributed by atoms with Gasteiger partial charge in [0.2, 0.25) is 0 Å². The number of nitrogens with zero attached hydrogens (tertiary/aromatic N) is 8. The van der Waals surface area contributed by atoms with Crippen molar-refractivity contribution < 1.29 is 0 Å². The molecular weight excluding hydrogens is 1510 g/mol. The zero-order chi connectivity index (χ0) is 75.7. The summed E-state index contributed by atoms with van der Waals surface area (Å²) in [7, 11) is 0. The SMILES string of the molecule is c1ccc(N(c2ccccc2)c2ccc(-c3ccc(-c4cc(-c5cc(-c6ccc(-c7ccc(N(c8ccccc8)c8ccccc8)cc7)s6)c6nsnc6c5-c5ccc(-c6ccc(N(c7ccccc7)c7ccccc7)cc6)s5)c(-c5ccc(-c6ccc(N(c7ccccc7)c7ccccc7)cc6)s5)c5nsnc45)s3)cc2)cc1. The lowest BCUT2D eigenvalue weighted by atomic mass is 9.88. The fraction of sp³-hybridized carbons (Fsp3) is 0. The van der Waals surface area contributed by atoms with Gasteiger partial charge in [0.15, 0.2) is 0 Å². The number of fused-ring (bicyclic) bond motifs is 2. The molecule has 20 aromatic rings. The molecule has 114 heavy (non-hydrogen) atoms. The lowest BCUT2D eigenvalue weighted by molar-refractivity contribution is 1.28. The molecule has 0 atom stereocenters. The second-order valence-corrected chi connectivity index (χ2v) is 32.9. The molecular formula is C100H66N8S6. The number of aromatic nitrogens is 4. The molecule has 0 fully saturated rings. The third-order valence-corrected chi connectivity index (χ3v) is 26.3. The Morgan fingerprint density at radius 3 is 0.570 bits per heavy atom. The number of benzene rings is 14. The quantitative estimate of drug-likeness (QED) is 0.0705.